The molecule has 0 rings (SSSR count). The number of carbonyl (C=O) groups is 2. The molecule has 2 atom stereocenters. The van der Waals surface area contributed by atoms with E-state index in [9.17, 15) is 9.59 Å². The van der Waals surface area contributed by atoms with E-state index in [2.05, 4.69) is 0 Å². The fourth-order valence-electron chi connectivity index (χ4n) is 1.70. The van der Waals surface area contributed by atoms with Crippen LogP contribution in [0.3, 0.4) is 0 Å². The number of carbonyl (C=O) groups excluding carboxylic acids is 2. The van der Waals surface area contributed by atoms with Gasteiger partial charge < -0.3 is 15.4 Å². The second-order valence-corrected chi connectivity index (χ2v) is 5.63. The molecule has 1 amide bonds. The maximum absolute atomic E-state index is 12.1. The molecule has 4 heteroatoms. The number of nitrogens with two attached hydrogens (primary N) is 1. The average Bonchev–Trinajstić information content (AvgIpc) is 2.24. The van der Waals surface area contributed by atoms with E-state index in [1.807, 2.05) is 27.7 Å². The molecule has 0 aromatic heterocycles. The van der Waals surface area contributed by atoms with Crippen molar-refractivity contribution in [2.24, 2.45) is 17.6 Å². The molecule has 17 heavy (non-hydrogen) atoms. The Labute approximate surface area is 105 Å². The maximum atomic E-state index is 12.1. The largest absolute Gasteiger partial charge is 0.332 e. The number of hydrogen-bond acceptors (Lipinski definition) is 3. The molecule has 0 aliphatic rings. The summed E-state index contributed by atoms with van der Waals surface area (Å²) in [5, 5.41) is 0. The highest BCUT2D eigenvalue weighted by Crippen LogP contribution is 2.22. The molecular weight excluding hydrogens is 216 g/mol. The van der Waals surface area contributed by atoms with Crippen molar-refractivity contribution < 1.29 is 9.59 Å². The van der Waals surface area contributed by atoms with Crippen molar-refractivity contribution in [2.75, 3.05) is 7.05 Å². The first kappa shape index (κ1) is 16.1. The smallest absolute Gasteiger partial charge is 0.240 e. The highest BCUT2D eigenvalue weighted by atomic mass is 16.2. The van der Waals surface area contributed by atoms with Crippen molar-refractivity contribution in [2.45, 2.75) is 52.6 Å². The number of nitrogens with zero attached hydrogens (tertiary/aromatic N) is 1. The van der Waals surface area contributed by atoms with Gasteiger partial charge in [-0.3, -0.25) is 4.79 Å². The molecule has 0 heterocycles. The van der Waals surface area contributed by atoms with E-state index >= 15 is 0 Å². The van der Waals surface area contributed by atoms with Gasteiger partial charge in [-0.15, -0.1) is 0 Å². The SMILES string of the molecule is CC(C)C[C@H](N)C(=O)N(C)[C@](C)(C=O)C(C)C. The van der Waals surface area contributed by atoms with Gasteiger partial charge in [0.2, 0.25) is 5.91 Å². The van der Waals surface area contributed by atoms with Crippen LogP contribution in [0.1, 0.15) is 41.0 Å². The molecule has 2 N–H and O–H groups in total. The standard InChI is InChI=1S/C13H26N2O2/c1-9(2)7-11(14)12(17)15(6)13(5,8-16)10(3)4/h8-11H,7,14H2,1-6H3/t11-,13+/m0/s1. The minimum Gasteiger partial charge on any atom is -0.332 e. The minimum absolute atomic E-state index is 0.0557. The Morgan fingerprint density at radius 1 is 1.35 bits per heavy atom. The van der Waals surface area contributed by atoms with E-state index in [1.165, 1.54) is 4.90 Å². The molecule has 0 aliphatic heterocycles. The topological polar surface area (TPSA) is 63.4 Å². The first-order valence-corrected chi connectivity index (χ1v) is 6.16. The second-order valence-electron chi connectivity index (χ2n) is 5.63. The molecule has 100 valence electrons. The van der Waals surface area contributed by atoms with Crippen LogP contribution in [0.4, 0.5) is 0 Å². The van der Waals surface area contributed by atoms with Gasteiger partial charge in [-0.05, 0) is 25.2 Å². The molecule has 4 nitrogen and oxygen atoms in total. The summed E-state index contributed by atoms with van der Waals surface area (Å²) in [4.78, 5) is 24.8. The van der Waals surface area contributed by atoms with Crippen molar-refractivity contribution in [3.8, 4) is 0 Å². The summed E-state index contributed by atoms with van der Waals surface area (Å²) in [7, 11) is 1.65. The number of hydrogen-bond donors (Lipinski definition) is 1. The van der Waals surface area contributed by atoms with Crippen molar-refractivity contribution >= 4 is 12.2 Å². The highest BCUT2D eigenvalue weighted by Gasteiger charge is 2.37. The van der Waals surface area contributed by atoms with Gasteiger partial charge in [0.1, 0.15) is 6.29 Å². The molecule has 0 aromatic carbocycles. The van der Waals surface area contributed by atoms with Gasteiger partial charge in [-0.1, -0.05) is 27.7 Å². The summed E-state index contributed by atoms with van der Waals surface area (Å²) in [6.07, 6.45) is 1.47. The number of likely N-dealkylation sites (N-methyl/N-ethyl adjacent to an activating group) is 1. The van der Waals surface area contributed by atoms with E-state index in [0.717, 1.165) is 6.29 Å². The monoisotopic (exact) mass is 242 g/mol. The van der Waals surface area contributed by atoms with Crippen molar-refractivity contribution in [1.29, 1.82) is 0 Å². The molecular formula is C13H26N2O2. The summed E-state index contributed by atoms with van der Waals surface area (Å²) >= 11 is 0. The Hall–Kier alpha value is -0.900. The van der Waals surface area contributed by atoms with Crippen LogP contribution >= 0.6 is 0 Å². The molecule has 0 fully saturated rings. The van der Waals surface area contributed by atoms with Gasteiger partial charge in [0.25, 0.3) is 0 Å². The van der Waals surface area contributed by atoms with Crippen molar-refractivity contribution in [3.63, 3.8) is 0 Å². The van der Waals surface area contributed by atoms with Crippen LogP contribution in [0.25, 0.3) is 0 Å². The summed E-state index contributed by atoms with van der Waals surface area (Å²) < 4.78 is 0. The third kappa shape index (κ3) is 3.80. The van der Waals surface area contributed by atoms with Gasteiger partial charge >= 0.3 is 0 Å². The van der Waals surface area contributed by atoms with Crippen LogP contribution < -0.4 is 5.73 Å². The fraction of sp³-hybridized carbons (Fsp3) is 0.846. The van der Waals surface area contributed by atoms with E-state index in [-0.39, 0.29) is 11.8 Å². The quantitative estimate of drug-likeness (QED) is 0.717. The third-order valence-electron chi connectivity index (χ3n) is 3.50. The van der Waals surface area contributed by atoms with E-state index < -0.39 is 11.6 Å². The zero-order valence-corrected chi connectivity index (χ0v) is 11.9. The predicted octanol–water partition coefficient (Wildman–Crippen LogP) is 1.43. The number of aldehydes is 1. The van der Waals surface area contributed by atoms with Gasteiger partial charge in [-0.25, -0.2) is 0 Å². The molecule has 0 radical (unpaired) electrons. The normalized spacial score (nSPS) is 16.8. The van der Waals surface area contributed by atoms with Gasteiger partial charge in [0.05, 0.1) is 11.6 Å². The first-order chi connectivity index (χ1) is 7.66. The molecule has 0 aromatic rings. The molecule has 0 bridgehead atoms. The Bertz CT molecular complexity index is 277. The zero-order chi connectivity index (χ0) is 13.8. The number of amides is 1. The van der Waals surface area contributed by atoms with Gasteiger partial charge in [-0.2, -0.15) is 0 Å². The molecule has 0 saturated carbocycles. The first-order valence-electron chi connectivity index (χ1n) is 6.16. The Kier molecular flexibility index (Phi) is 5.82. The van der Waals surface area contributed by atoms with Crippen LogP contribution in [-0.2, 0) is 9.59 Å². The van der Waals surface area contributed by atoms with Crippen molar-refractivity contribution in [1.82, 2.24) is 4.90 Å². The Balaban J connectivity index is 4.85. The maximum Gasteiger partial charge on any atom is 0.240 e. The van der Waals surface area contributed by atoms with Crippen LogP contribution in [0.5, 0.6) is 0 Å². The lowest BCUT2D eigenvalue weighted by Crippen LogP contribution is -2.56. The van der Waals surface area contributed by atoms with Crippen LogP contribution in [0, 0.1) is 11.8 Å². The van der Waals surface area contributed by atoms with Crippen LogP contribution in [-0.4, -0.2) is 35.7 Å². The molecule has 0 spiro atoms. The lowest BCUT2D eigenvalue weighted by atomic mass is 9.87. The van der Waals surface area contributed by atoms with Crippen LogP contribution in [0.2, 0.25) is 0 Å². The Morgan fingerprint density at radius 3 is 2.12 bits per heavy atom. The summed E-state index contributed by atoms with van der Waals surface area (Å²) in [5.74, 6) is 0.256. The molecule has 0 unspecified atom stereocenters. The highest BCUT2D eigenvalue weighted by molar-refractivity contribution is 5.85. The molecule has 0 aliphatic carbocycles. The van der Waals surface area contributed by atoms with Crippen LogP contribution in [0.15, 0.2) is 0 Å². The lowest BCUT2D eigenvalue weighted by Gasteiger charge is -2.39. The summed E-state index contributed by atoms with van der Waals surface area (Å²) in [6, 6.07) is -0.530. The summed E-state index contributed by atoms with van der Waals surface area (Å²) in [6.45, 7) is 9.66. The number of rotatable bonds is 6. The second kappa shape index (κ2) is 6.15. The van der Waals surface area contributed by atoms with Gasteiger partial charge in [0.15, 0.2) is 0 Å². The lowest BCUT2D eigenvalue weighted by molar-refractivity contribution is -0.142. The van der Waals surface area contributed by atoms with Crippen molar-refractivity contribution in [3.05, 3.63) is 0 Å². The minimum atomic E-state index is -0.786. The van der Waals surface area contributed by atoms with E-state index in [1.54, 1.807) is 14.0 Å². The third-order valence-corrected chi connectivity index (χ3v) is 3.50. The summed E-state index contributed by atoms with van der Waals surface area (Å²) in [5.41, 5.74) is 5.08. The molecule has 0 saturated heterocycles. The fourth-order valence-corrected chi connectivity index (χ4v) is 1.70. The Morgan fingerprint density at radius 2 is 1.82 bits per heavy atom. The van der Waals surface area contributed by atoms with E-state index in [4.69, 9.17) is 5.73 Å². The van der Waals surface area contributed by atoms with E-state index in [0.29, 0.717) is 12.3 Å². The average molecular weight is 242 g/mol. The predicted molar refractivity (Wildman–Crippen MR) is 69.5 cm³/mol. The van der Waals surface area contributed by atoms with Gasteiger partial charge in [0, 0.05) is 7.05 Å². The zero-order valence-electron chi connectivity index (χ0n) is 11.9.